The third-order valence-corrected chi connectivity index (χ3v) is 2.58. The van der Waals surface area contributed by atoms with Crippen molar-refractivity contribution in [2.45, 2.75) is 5.33 Å². The lowest BCUT2D eigenvalue weighted by molar-refractivity contribution is 1.14. The zero-order chi connectivity index (χ0) is 9.84. The van der Waals surface area contributed by atoms with Crippen LogP contribution in [0.25, 0.3) is 0 Å². The third kappa shape index (κ3) is 2.43. The Bertz CT molecular complexity index is 316. The maximum Gasteiger partial charge on any atom is 0.101 e. The van der Waals surface area contributed by atoms with E-state index < -0.39 is 0 Å². The van der Waals surface area contributed by atoms with Gasteiger partial charge in [0.2, 0.25) is 0 Å². The number of hydrazine groups is 1. The lowest BCUT2D eigenvalue weighted by atomic mass is 10.2. The summed E-state index contributed by atoms with van der Waals surface area (Å²) >= 11 is 9.21. The van der Waals surface area contributed by atoms with E-state index in [-0.39, 0.29) is 0 Å². The molecule has 3 N–H and O–H groups in total. The molecule has 0 saturated carbocycles. The number of hydrogen-bond acceptors (Lipinski definition) is 2. The van der Waals surface area contributed by atoms with Crippen LogP contribution in [-0.4, -0.2) is 6.34 Å². The first-order chi connectivity index (χ1) is 6.19. The molecule has 0 atom stereocenters. The molecule has 0 aliphatic heterocycles. The van der Waals surface area contributed by atoms with E-state index in [4.69, 9.17) is 22.9 Å². The monoisotopic (exact) mass is 261 g/mol. The van der Waals surface area contributed by atoms with Crippen molar-refractivity contribution in [3.05, 3.63) is 28.8 Å². The van der Waals surface area contributed by atoms with E-state index in [0.717, 1.165) is 17.6 Å². The van der Waals surface area contributed by atoms with Gasteiger partial charge in [0.1, 0.15) is 6.34 Å². The summed E-state index contributed by atoms with van der Waals surface area (Å²) in [7, 11) is 0. The van der Waals surface area contributed by atoms with Gasteiger partial charge >= 0.3 is 0 Å². The molecular weight excluding hydrogens is 253 g/mol. The third-order valence-electron chi connectivity index (χ3n) is 1.61. The number of nitrogens with one attached hydrogen (secondary N) is 1. The number of rotatable bonds is 3. The van der Waals surface area contributed by atoms with Crippen molar-refractivity contribution >= 4 is 39.6 Å². The minimum Gasteiger partial charge on any atom is -0.290 e. The van der Waals surface area contributed by atoms with Gasteiger partial charge in [-0.2, -0.15) is 0 Å². The van der Waals surface area contributed by atoms with Crippen LogP contribution in [0.15, 0.2) is 18.2 Å². The lowest BCUT2D eigenvalue weighted by Gasteiger charge is -2.13. The predicted molar refractivity (Wildman–Crippen MR) is 59.5 cm³/mol. The van der Waals surface area contributed by atoms with Crippen LogP contribution in [-0.2, 0) is 5.33 Å². The molecule has 1 aromatic carbocycles. The van der Waals surface area contributed by atoms with E-state index >= 15 is 0 Å². The second-order valence-corrected chi connectivity index (χ2v) is 3.41. The summed E-state index contributed by atoms with van der Waals surface area (Å²) in [6.45, 7) is 0. The van der Waals surface area contributed by atoms with Gasteiger partial charge < -0.3 is 0 Å². The molecule has 0 aromatic heterocycles. The number of alkyl halides is 1. The first-order valence-electron chi connectivity index (χ1n) is 3.58. The van der Waals surface area contributed by atoms with Gasteiger partial charge in [0.05, 0.1) is 5.69 Å². The first-order valence-corrected chi connectivity index (χ1v) is 5.08. The van der Waals surface area contributed by atoms with Crippen molar-refractivity contribution in [3.8, 4) is 0 Å². The molecule has 0 aliphatic rings. The highest BCUT2D eigenvalue weighted by atomic mass is 79.9. The summed E-state index contributed by atoms with van der Waals surface area (Å²) in [5.41, 5.74) is 1.70. The Kier molecular flexibility index (Phi) is 3.71. The summed E-state index contributed by atoms with van der Waals surface area (Å²) in [5, 5.41) is 9.55. The zero-order valence-electron chi connectivity index (χ0n) is 6.80. The topological polar surface area (TPSA) is 53.1 Å². The van der Waals surface area contributed by atoms with Gasteiger partial charge in [0.15, 0.2) is 0 Å². The normalized spacial score (nSPS) is 9.77. The Morgan fingerprint density at radius 1 is 1.62 bits per heavy atom. The SMILES string of the molecule is N=CN(N)c1ccc(Cl)c(CBr)c1. The van der Waals surface area contributed by atoms with E-state index in [1.807, 2.05) is 6.07 Å². The second-order valence-electron chi connectivity index (χ2n) is 2.45. The molecule has 13 heavy (non-hydrogen) atoms. The summed E-state index contributed by atoms with van der Waals surface area (Å²) in [6, 6.07) is 5.36. The molecule has 0 saturated heterocycles. The number of nitrogens with two attached hydrogens (primary N) is 1. The maximum absolute atomic E-state index is 6.96. The van der Waals surface area contributed by atoms with Crippen LogP contribution in [0.1, 0.15) is 5.56 Å². The molecule has 0 bridgehead atoms. The van der Waals surface area contributed by atoms with Gasteiger partial charge in [0.25, 0.3) is 0 Å². The fraction of sp³-hybridized carbons (Fsp3) is 0.125. The van der Waals surface area contributed by atoms with E-state index in [1.54, 1.807) is 12.1 Å². The van der Waals surface area contributed by atoms with Crippen LogP contribution in [0.4, 0.5) is 5.69 Å². The van der Waals surface area contributed by atoms with Crippen molar-refractivity contribution in [2.24, 2.45) is 5.84 Å². The first kappa shape index (κ1) is 10.5. The van der Waals surface area contributed by atoms with Crippen LogP contribution in [0.2, 0.25) is 5.02 Å². The van der Waals surface area contributed by atoms with E-state index in [2.05, 4.69) is 15.9 Å². The summed E-state index contributed by atoms with van der Waals surface area (Å²) in [5.74, 6) is 5.50. The lowest BCUT2D eigenvalue weighted by Crippen LogP contribution is -2.28. The van der Waals surface area contributed by atoms with Gasteiger partial charge in [-0.25, -0.2) is 5.84 Å². The Morgan fingerprint density at radius 3 is 2.85 bits per heavy atom. The minimum absolute atomic E-state index is 0.672. The van der Waals surface area contributed by atoms with E-state index in [9.17, 15) is 0 Å². The maximum atomic E-state index is 6.96. The minimum atomic E-state index is 0.672. The fourth-order valence-electron chi connectivity index (χ4n) is 0.899. The summed E-state index contributed by atoms with van der Waals surface area (Å²) in [4.78, 5) is 0. The van der Waals surface area contributed by atoms with Gasteiger partial charge in [-0.1, -0.05) is 27.5 Å². The highest BCUT2D eigenvalue weighted by molar-refractivity contribution is 9.08. The van der Waals surface area contributed by atoms with Crippen molar-refractivity contribution in [2.75, 3.05) is 5.01 Å². The van der Waals surface area contributed by atoms with Gasteiger partial charge in [-0.15, -0.1) is 0 Å². The van der Waals surface area contributed by atoms with Crippen LogP contribution in [0.3, 0.4) is 0 Å². The highest BCUT2D eigenvalue weighted by Gasteiger charge is 2.02. The van der Waals surface area contributed by atoms with Crippen molar-refractivity contribution in [3.63, 3.8) is 0 Å². The average molecular weight is 263 g/mol. The number of halogens is 2. The second kappa shape index (κ2) is 4.60. The molecule has 1 aromatic rings. The van der Waals surface area contributed by atoms with E-state index in [0.29, 0.717) is 10.4 Å². The molecule has 70 valence electrons. The van der Waals surface area contributed by atoms with Crippen LogP contribution in [0, 0.1) is 5.41 Å². The van der Waals surface area contributed by atoms with Gasteiger partial charge in [-0.05, 0) is 23.8 Å². The van der Waals surface area contributed by atoms with Crippen molar-refractivity contribution in [1.29, 1.82) is 5.41 Å². The number of anilines is 1. The number of benzene rings is 1. The number of nitrogens with zero attached hydrogens (tertiary/aromatic N) is 1. The van der Waals surface area contributed by atoms with E-state index in [1.165, 1.54) is 5.01 Å². The van der Waals surface area contributed by atoms with Crippen LogP contribution in [0.5, 0.6) is 0 Å². The zero-order valence-corrected chi connectivity index (χ0v) is 9.14. The molecular formula is C8H9BrClN3. The molecule has 5 heteroatoms. The Labute approximate surface area is 90.1 Å². The quantitative estimate of drug-likeness (QED) is 0.289. The Hall–Kier alpha value is -0.580. The van der Waals surface area contributed by atoms with Crippen molar-refractivity contribution < 1.29 is 0 Å². The van der Waals surface area contributed by atoms with Gasteiger partial charge in [0, 0.05) is 10.4 Å². The molecule has 3 nitrogen and oxygen atoms in total. The Morgan fingerprint density at radius 2 is 2.31 bits per heavy atom. The molecule has 1 rings (SSSR count). The molecule has 0 heterocycles. The molecule has 0 radical (unpaired) electrons. The average Bonchev–Trinajstić information content (AvgIpc) is 2.17. The Balaban J connectivity index is 3.05. The molecule has 0 amide bonds. The molecule has 0 unspecified atom stereocenters. The standard InChI is InChI=1S/C8H9BrClN3/c9-4-6-3-7(13(12)5-11)1-2-8(6)10/h1-3,5,11H,4,12H2. The highest BCUT2D eigenvalue weighted by Crippen LogP contribution is 2.23. The smallest absolute Gasteiger partial charge is 0.101 e. The fourth-order valence-corrected chi connectivity index (χ4v) is 1.71. The van der Waals surface area contributed by atoms with Crippen molar-refractivity contribution in [1.82, 2.24) is 0 Å². The van der Waals surface area contributed by atoms with Gasteiger partial charge in [-0.3, -0.25) is 10.4 Å². The molecule has 0 fully saturated rings. The number of hydrogen-bond donors (Lipinski definition) is 2. The largest absolute Gasteiger partial charge is 0.290 e. The summed E-state index contributed by atoms with van der Waals surface area (Å²) < 4.78 is 0. The predicted octanol–water partition coefficient (Wildman–Crippen LogP) is 2.52. The summed E-state index contributed by atoms with van der Waals surface area (Å²) in [6.07, 6.45) is 1.04. The van der Waals surface area contributed by atoms with Crippen LogP contribution < -0.4 is 10.9 Å². The molecule has 0 aliphatic carbocycles. The molecule has 0 spiro atoms. The van der Waals surface area contributed by atoms with Crippen LogP contribution >= 0.6 is 27.5 Å².